The molecule has 0 spiro atoms. The van der Waals surface area contributed by atoms with Crippen LogP contribution < -0.4 is 0 Å². The van der Waals surface area contributed by atoms with Crippen LogP contribution in [-0.4, -0.2) is 20.2 Å². The highest BCUT2D eigenvalue weighted by Gasteiger charge is 2.18. The summed E-state index contributed by atoms with van der Waals surface area (Å²) in [6.45, 7) is 5.61. The molecular weight excluding hydrogens is 232 g/mol. The summed E-state index contributed by atoms with van der Waals surface area (Å²) in [4.78, 5) is 3.85. The van der Waals surface area contributed by atoms with Gasteiger partial charge in [0.15, 0.2) is 0 Å². The number of halogens is 1. The minimum atomic E-state index is -1.26. The Labute approximate surface area is 97.2 Å². The lowest BCUT2D eigenvalue weighted by molar-refractivity contribution is 0.651. The molecule has 0 radical (unpaired) electrons. The van der Waals surface area contributed by atoms with Gasteiger partial charge in [0, 0.05) is 24.2 Å². The average molecular weight is 245 g/mol. The Balaban J connectivity index is 2.84. The van der Waals surface area contributed by atoms with Gasteiger partial charge in [-0.1, -0.05) is 11.6 Å². The van der Waals surface area contributed by atoms with Crippen molar-refractivity contribution in [3.8, 4) is 0 Å². The normalized spacial score (nSPS) is 14.4. The maximum absolute atomic E-state index is 11.6. The van der Waals surface area contributed by atoms with Crippen molar-refractivity contribution in [2.45, 2.75) is 25.5 Å². The van der Waals surface area contributed by atoms with Gasteiger partial charge in [-0.25, -0.2) is 4.21 Å². The summed E-state index contributed by atoms with van der Waals surface area (Å²) in [5.41, 5.74) is 0.726. The second-order valence-electron chi connectivity index (χ2n) is 3.99. The van der Waals surface area contributed by atoms with E-state index in [1.807, 2.05) is 20.8 Å². The first-order valence-electron chi connectivity index (χ1n) is 4.47. The van der Waals surface area contributed by atoms with E-state index < -0.39 is 11.0 Å². The van der Waals surface area contributed by atoms with Gasteiger partial charge >= 0.3 is 0 Å². The Hall–Kier alpha value is -0.740. The molecule has 5 heteroatoms. The van der Waals surface area contributed by atoms with E-state index >= 15 is 0 Å². The molecule has 0 unspecified atom stereocenters. The molecule has 15 heavy (non-hydrogen) atoms. The molecule has 1 atom stereocenters. The predicted molar refractivity (Wildman–Crippen MR) is 64.7 cm³/mol. The lowest BCUT2D eigenvalue weighted by Crippen LogP contribution is -2.19. The van der Waals surface area contributed by atoms with Crippen LogP contribution in [0.15, 0.2) is 22.9 Å². The average Bonchev–Trinajstić information content (AvgIpc) is 2.14. The van der Waals surface area contributed by atoms with E-state index in [2.05, 4.69) is 9.38 Å². The molecule has 0 amide bonds. The Morgan fingerprint density at radius 3 is 2.73 bits per heavy atom. The summed E-state index contributed by atoms with van der Waals surface area (Å²) in [5.74, 6) is 0. The first kappa shape index (κ1) is 12.3. The Morgan fingerprint density at radius 1 is 1.53 bits per heavy atom. The zero-order valence-electron chi connectivity index (χ0n) is 8.90. The van der Waals surface area contributed by atoms with Crippen molar-refractivity contribution < 1.29 is 4.21 Å². The predicted octanol–water partition coefficient (Wildman–Crippen LogP) is 2.62. The molecule has 0 N–H and O–H groups in total. The van der Waals surface area contributed by atoms with Crippen LogP contribution in [0.1, 0.15) is 26.3 Å². The molecule has 1 heterocycles. The van der Waals surface area contributed by atoms with Gasteiger partial charge in [-0.05, 0) is 26.8 Å². The van der Waals surface area contributed by atoms with Crippen LogP contribution in [-0.2, 0) is 11.0 Å². The van der Waals surface area contributed by atoms with Crippen molar-refractivity contribution >= 4 is 28.8 Å². The fourth-order valence-electron chi connectivity index (χ4n) is 0.753. The maximum Gasteiger partial charge on any atom is 0.144 e. The van der Waals surface area contributed by atoms with E-state index in [1.54, 1.807) is 12.3 Å². The van der Waals surface area contributed by atoms with Crippen LogP contribution >= 0.6 is 11.6 Å². The monoisotopic (exact) mass is 244 g/mol. The molecule has 1 rings (SSSR count). The molecule has 1 aromatic rings. The molecule has 0 bridgehead atoms. The molecule has 0 saturated heterocycles. The SMILES string of the molecule is CC(C)(C)[S@@](=O)N=Cc1ccncc1Cl. The van der Waals surface area contributed by atoms with Crippen molar-refractivity contribution in [1.29, 1.82) is 0 Å². The zero-order chi connectivity index (χ0) is 11.5. The molecular formula is C10H13ClN2OS. The first-order valence-corrected chi connectivity index (χ1v) is 5.95. The van der Waals surface area contributed by atoms with Gasteiger partial charge in [0.05, 0.1) is 9.77 Å². The fraction of sp³-hybridized carbons (Fsp3) is 0.400. The lowest BCUT2D eigenvalue weighted by Gasteiger charge is -2.12. The van der Waals surface area contributed by atoms with Gasteiger partial charge in [-0.3, -0.25) is 4.98 Å². The van der Waals surface area contributed by atoms with Crippen molar-refractivity contribution in [2.75, 3.05) is 0 Å². The topological polar surface area (TPSA) is 42.3 Å². The number of aromatic nitrogens is 1. The smallest absolute Gasteiger partial charge is 0.144 e. The molecule has 0 aromatic carbocycles. The highest BCUT2D eigenvalue weighted by Crippen LogP contribution is 2.14. The minimum Gasteiger partial charge on any atom is -0.263 e. The highest BCUT2D eigenvalue weighted by atomic mass is 35.5. The molecule has 0 fully saturated rings. The van der Waals surface area contributed by atoms with Crippen molar-refractivity contribution in [1.82, 2.24) is 4.98 Å². The fourth-order valence-corrected chi connectivity index (χ4v) is 1.45. The van der Waals surface area contributed by atoms with Gasteiger partial charge in [-0.15, -0.1) is 0 Å². The molecule has 0 saturated carbocycles. The number of pyridine rings is 1. The number of nitrogens with zero attached hydrogens (tertiary/aromatic N) is 2. The van der Waals surface area contributed by atoms with Crippen LogP contribution in [0, 0.1) is 0 Å². The van der Waals surface area contributed by atoms with Crippen LogP contribution in [0.4, 0.5) is 0 Å². The Morgan fingerprint density at radius 2 is 2.20 bits per heavy atom. The third-order valence-corrected chi connectivity index (χ3v) is 3.28. The summed E-state index contributed by atoms with van der Waals surface area (Å²) in [6, 6.07) is 1.73. The van der Waals surface area contributed by atoms with Crippen molar-refractivity contribution in [2.24, 2.45) is 4.40 Å². The molecule has 82 valence electrons. The second kappa shape index (κ2) is 4.86. The maximum atomic E-state index is 11.6. The summed E-state index contributed by atoms with van der Waals surface area (Å²) >= 11 is 5.87. The van der Waals surface area contributed by atoms with Gasteiger partial charge in [0.25, 0.3) is 0 Å². The highest BCUT2D eigenvalue weighted by molar-refractivity contribution is 7.85. The second-order valence-corrected chi connectivity index (χ2v) is 6.33. The number of hydrogen-bond acceptors (Lipinski definition) is 2. The molecule has 1 aromatic heterocycles. The zero-order valence-corrected chi connectivity index (χ0v) is 10.5. The molecule has 3 nitrogen and oxygen atoms in total. The van der Waals surface area contributed by atoms with E-state index in [4.69, 9.17) is 11.6 Å². The Kier molecular flexibility index (Phi) is 3.99. The lowest BCUT2D eigenvalue weighted by atomic mass is 10.3. The molecule has 0 aliphatic heterocycles. The third kappa shape index (κ3) is 3.72. The van der Waals surface area contributed by atoms with Crippen LogP contribution in [0.5, 0.6) is 0 Å². The van der Waals surface area contributed by atoms with E-state index in [0.717, 1.165) is 5.56 Å². The molecule has 0 aliphatic rings. The van der Waals surface area contributed by atoms with Gasteiger partial charge in [0.2, 0.25) is 0 Å². The van der Waals surface area contributed by atoms with Crippen molar-refractivity contribution in [3.63, 3.8) is 0 Å². The van der Waals surface area contributed by atoms with Crippen molar-refractivity contribution in [3.05, 3.63) is 29.0 Å². The van der Waals surface area contributed by atoms with Gasteiger partial charge in [0.1, 0.15) is 11.0 Å². The van der Waals surface area contributed by atoms with Crippen LogP contribution in [0.3, 0.4) is 0 Å². The standard InChI is InChI=1S/C10H13ClN2OS/c1-10(2,3)15(14)13-6-8-4-5-12-7-9(8)11/h4-7H,1-3H3/t15-/m1/s1. The number of hydrogen-bond donors (Lipinski definition) is 0. The van der Waals surface area contributed by atoms with Crippen LogP contribution in [0.25, 0.3) is 0 Å². The van der Waals surface area contributed by atoms with E-state index in [1.165, 1.54) is 12.4 Å². The van der Waals surface area contributed by atoms with Gasteiger partial charge in [-0.2, -0.15) is 4.40 Å². The third-order valence-electron chi connectivity index (χ3n) is 1.62. The van der Waals surface area contributed by atoms with E-state index in [-0.39, 0.29) is 4.75 Å². The Bertz CT molecular complexity index is 399. The van der Waals surface area contributed by atoms with E-state index in [0.29, 0.717) is 5.02 Å². The molecule has 0 aliphatic carbocycles. The largest absolute Gasteiger partial charge is 0.263 e. The summed E-state index contributed by atoms with van der Waals surface area (Å²) in [6.07, 6.45) is 4.67. The quantitative estimate of drug-likeness (QED) is 0.751. The number of rotatable bonds is 2. The summed E-state index contributed by atoms with van der Waals surface area (Å²) in [7, 11) is -1.26. The van der Waals surface area contributed by atoms with Crippen LogP contribution in [0.2, 0.25) is 5.02 Å². The minimum absolute atomic E-state index is 0.351. The summed E-state index contributed by atoms with van der Waals surface area (Å²) < 4.78 is 15.2. The first-order chi connectivity index (χ1) is 6.91. The summed E-state index contributed by atoms with van der Waals surface area (Å²) in [5, 5.41) is 0.507. The van der Waals surface area contributed by atoms with E-state index in [9.17, 15) is 4.21 Å². The van der Waals surface area contributed by atoms with Gasteiger partial charge < -0.3 is 0 Å².